The summed E-state index contributed by atoms with van der Waals surface area (Å²) < 4.78 is 0. The molecule has 0 N–H and O–H groups in total. The van der Waals surface area contributed by atoms with E-state index in [0.717, 1.165) is 5.92 Å². The van der Waals surface area contributed by atoms with Gasteiger partial charge in [0.15, 0.2) is 0 Å². The van der Waals surface area contributed by atoms with Crippen molar-refractivity contribution in [1.29, 1.82) is 0 Å². The molecule has 1 saturated carbocycles. The summed E-state index contributed by atoms with van der Waals surface area (Å²) in [7, 11) is 0. The van der Waals surface area contributed by atoms with Gasteiger partial charge in [0.2, 0.25) is 0 Å². The molecule has 0 bridgehead atoms. The third-order valence-electron chi connectivity index (χ3n) is 4.03. The second-order valence-corrected chi connectivity index (χ2v) is 5.17. The Labute approximate surface area is 110 Å². The normalized spacial score (nSPS) is 23.8. The molecule has 0 aliphatic heterocycles. The first-order valence-corrected chi connectivity index (χ1v) is 6.87. The van der Waals surface area contributed by atoms with Crippen LogP contribution in [0.2, 0.25) is 0 Å². The number of rotatable bonds is 2. The SMILES string of the molecule is [CH]1CC(c2ccccc2)CCC1c1ccccc1. The van der Waals surface area contributed by atoms with Crippen LogP contribution < -0.4 is 0 Å². The standard InChI is InChI=1S/C18H19/c1-3-7-15(8-4-1)17-11-13-18(14-12-17)16-9-5-2-6-10-16/h1-11,17-18H,12-14H2. The molecule has 2 atom stereocenters. The Hall–Kier alpha value is -1.56. The molecule has 1 aliphatic carbocycles. The molecule has 2 unspecified atom stereocenters. The Morgan fingerprint density at radius 2 is 1.28 bits per heavy atom. The first kappa shape index (κ1) is 11.5. The minimum atomic E-state index is 0.658. The van der Waals surface area contributed by atoms with Gasteiger partial charge in [-0.25, -0.2) is 0 Å². The predicted molar refractivity (Wildman–Crippen MR) is 76.5 cm³/mol. The molecule has 0 spiro atoms. The van der Waals surface area contributed by atoms with E-state index < -0.39 is 0 Å². The molecule has 3 rings (SSSR count). The molecule has 18 heavy (non-hydrogen) atoms. The Bertz CT molecular complexity index is 416. The Balaban J connectivity index is 1.65. The maximum absolute atomic E-state index is 2.51. The number of benzene rings is 2. The van der Waals surface area contributed by atoms with E-state index in [2.05, 4.69) is 67.1 Å². The van der Waals surface area contributed by atoms with E-state index in [9.17, 15) is 0 Å². The lowest BCUT2D eigenvalue weighted by Gasteiger charge is -2.28. The van der Waals surface area contributed by atoms with Crippen molar-refractivity contribution in [3.8, 4) is 0 Å². The van der Waals surface area contributed by atoms with Crippen LogP contribution in [0.5, 0.6) is 0 Å². The zero-order valence-electron chi connectivity index (χ0n) is 10.6. The van der Waals surface area contributed by atoms with Gasteiger partial charge >= 0.3 is 0 Å². The molecule has 91 valence electrons. The van der Waals surface area contributed by atoms with E-state index in [0.29, 0.717) is 5.92 Å². The topological polar surface area (TPSA) is 0 Å². The summed E-state index contributed by atoms with van der Waals surface area (Å²) in [6.45, 7) is 0. The molecule has 2 aromatic carbocycles. The summed E-state index contributed by atoms with van der Waals surface area (Å²) in [5.74, 6) is 1.39. The second kappa shape index (κ2) is 5.39. The summed E-state index contributed by atoms with van der Waals surface area (Å²) in [6.07, 6.45) is 6.31. The van der Waals surface area contributed by atoms with Crippen LogP contribution in [0.3, 0.4) is 0 Å². The summed E-state index contributed by atoms with van der Waals surface area (Å²) in [6, 6.07) is 21.8. The summed E-state index contributed by atoms with van der Waals surface area (Å²) >= 11 is 0. The zero-order valence-corrected chi connectivity index (χ0v) is 10.6. The molecular weight excluding hydrogens is 216 g/mol. The first-order chi connectivity index (χ1) is 8.93. The van der Waals surface area contributed by atoms with E-state index in [1.165, 1.54) is 30.4 Å². The van der Waals surface area contributed by atoms with Gasteiger partial charge in [0, 0.05) is 0 Å². The van der Waals surface area contributed by atoms with E-state index >= 15 is 0 Å². The molecule has 2 aromatic rings. The van der Waals surface area contributed by atoms with Gasteiger partial charge in [0.05, 0.1) is 0 Å². The molecule has 0 saturated heterocycles. The second-order valence-electron chi connectivity index (χ2n) is 5.17. The molecule has 0 nitrogen and oxygen atoms in total. The minimum absolute atomic E-state index is 0.658. The predicted octanol–water partition coefficient (Wildman–Crippen LogP) is 4.94. The Kier molecular flexibility index (Phi) is 3.45. The fourth-order valence-corrected chi connectivity index (χ4v) is 2.98. The highest BCUT2D eigenvalue weighted by molar-refractivity contribution is 5.26. The lowest BCUT2D eigenvalue weighted by Crippen LogP contribution is -2.12. The number of hydrogen-bond donors (Lipinski definition) is 0. The largest absolute Gasteiger partial charge is 0.0622 e. The van der Waals surface area contributed by atoms with Gasteiger partial charge < -0.3 is 0 Å². The average Bonchev–Trinajstić information content (AvgIpc) is 2.49. The Morgan fingerprint density at radius 3 is 1.83 bits per heavy atom. The quantitative estimate of drug-likeness (QED) is 0.691. The van der Waals surface area contributed by atoms with E-state index in [1.807, 2.05) is 0 Å². The highest BCUT2D eigenvalue weighted by Crippen LogP contribution is 2.39. The molecule has 0 heteroatoms. The van der Waals surface area contributed by atoms with Crippen molar-refractivity contribution >= 4 is 0 Å². The van der Waals surface area contributed by atoms with Gasteiger partial charge in [-0.05, 0) is 48.6 Å². The van der Waals surface area contributed by atoms with Gasteiger partial charge in [-0.15, -0.1) is 0 Å². The van der Waals surface area contributed by atoms with Crippen LogP contribution in [-0.2, 0) is 0 Å². The highest BCUT2D eigenvalue weighted by atomic mass is 14.3. The lowest BCUT2D eigenvalue weighted by atomic mass is 9.76. The summed E-state index contributed by atoms with van der Waals surface area (Å²) in [5.41, 5.74) is 2.98. The molecule has 0 aromatic heterocycles. The van der Waals surface area contributed by atoms with Crippen molar-refractivity contribution in [2.45, 2.75) is 31.1 Å². The molecule has 0 amide bonds. The zero-order chi connectivity index (χ0) is 12.2. The molecule has 1 fully saturated rings. The van der Waals surface area contributed by atoms with Crippen LogP contribution >= 0.6 is 0 Å². The molecular formula is C18H19. The summed E-state index contributed by atoms with van der Waals surface area (Å²) in [5, 5.41) is 0. The minimum Gasteiger partial charge on any atom is -0.0622 e. The fourth-order valence-electron chi connectivity index (χ4n) is 2.98. The lowest BCUT2D eigenvalue weighted by molar-refractivity contribution is 0.474. The molecule has 1 aliphatic rings. The van der Waals surface area contributed by atoms with Gasteiger partial charge in [0.1, 0.15) is 0 Å². The maximum atomic E-state index is 2.51. The van der Waals surface area contributed by atoms with Crippen LogP contribution in [0.4, 0.5) is 0 Å². The Morgan fingerprint density at radius 1 is 0.667 bits per heavy atom. The van der Waals surface area contributed by atoms with Crippen LogP contribution in [0.1, 0.15) is 42.2 Å². The van der Waals surface area contributed by atoms with Crippen molar-refractivity contribution in [2.75, 3.05) is 0 Å². The smallest absolute Gasteiger partial charge is 0.0130 e. The number of hydrogen-bond acceptors (Lipinski definition) is 0. The average molecular weight is 235 g/mol. The van der Waals surface area contributed by atoms with Crippen molar-refractivity contribution in [3.05, 3.63) is 78.2 Å². The van der Waals surface area contributed by atoms with Gasteiger partial charge in [-0.2, -0.15) is 0 Å². The molecule has 1 radical (unpaired) electrons. The third kappa shape index (κ3) is 2.48. The third-order valence-corrected chi connectivity index (χ3v) is 4.03. The van der Waals surface area contributed by atoms with E-state index in [1.54, 1.807) is 0 Å². The van der Waals surface area contributed by atoms with Crippen LogP contribution in [0.15, 0.2) is 60.7 Å². The van der Waals surface area contributed by atoms with Crippen LogP contribution in [0.25, 0.3) is 0 Å². The van der Waals surface area contributed by atoms with Crippen LogP contribution in [-0.4, -0.2) is 0 Å². The molecule has 0 heterocycles. The van der Waals surface area contributed by atoms with Crippen molar-refractivity contribution < 1.29 is 0 Å². The van der Waals surface area contributed by atoms with Crippen molar-refractivity contribution in [2.24, 2.45) is 0 Å². The van der Waals surface area contributed by atoms with Crippen LogP contribution in [0, 0.1) is 6.42 Å². The first-order valence-electron chi connectivity index (χ1n) is 6.87. The maximum Gasteiger partial charge on any atom is -0.0130 e. The van der Waals surface area contributed by atoms with Gasteiger partial charge in [0.25, 0.3) is 0 Å². The van der Waals surface area contributed by atoms with E-state index in [4.69, 9.17) is 0 Å². The monoisotopic (exact) mass is 235 g/mol. The van der Waals surface area contributed by atoms with Crippen molar-refractivity contribution in [3.63, 3.8) is 0 Å². The van der Waals surface area contributed by atoms with E-state index in [-0.39, 0.29) is 0 Å². The fraction of sp³-hybridized carbons (Fsp3) is 0.278. The van der Waals surface area contributed by atoms with Crippen molar-refractivity contribution in [1.82, 2.24) is 0 Å². The van der Waals surface area contributed by atoms with Gasteiger partial charge in [-0.3, -0.25) is 0 Å². The summed E-state index contributed by atoms with van der Waals surface area (Å²) in [4.78, 5) is 0. The highest BCUT2D eigenvalue weighted by Gasteiger charge is 2.23. The van der Waals surface area contributed by atoms with Gasteiger partial charge in [-0.1, -0.05) is 60.7 Å².